The molecule has 3 aromatic rings. The van der Waals surface area contributed by atoms with Gasteiger partial charge in [0.05, 0.1) is 4.88 Å². The molecule has 0 unspecified atom stereocenters. The van der Waals surface area contributed by atoms with Crippen molar-refractivity contribution >= 4 is 33.7 Å². The van der Waals surface area contributed by atoms with Crippen molar-refractivity contribution in [1.82, 2.24) is 9.88 Å². The highest BCUT2D eigenvalue weighted by atomic mass is 32.1. The Hall–Kier alpha value is -2.18. The van der Waals surface area contributed by atoms with Crippen molar-refractivity contribution in [2.45, 2.75) is 18.9 Å². The lowest BCUT2D eigenvalue weighted by Crippen LogP contribution is -2.42. The van der Waals surface area contributed by atoms with Crippen molar-refractivity contribution in [3.05, 3.63) is 58.2 Å². The van der Waals surface area contributed by atoms with Gasteiger partial charge in [0.2, 0.25) is 0 Å². The number of amides is 1. The van der Waals surface area contributed by atoms with Crippen LogP contribution in [0.3, 0.4) is 0 Å². The summed E-state index contributed by atoms with van der Waals surface area (Å²) in [7, 11) is 0. The van der Waals surface area contributed by atoms with Crippen molar-refractivity contribution < 1.29 is 4.79 Å². The van der Waals surface area contributed by atoms with E-state index in [2.05, 4.69) is 22.4 Å². The molecule has 2 aromatic heterocycles. The van der Waals surface area contributed by atoms with Crippen LogP contribution in [0, 0.1) is 0 Å². The van der Waals surface area contributed by atoms with Crippen molar-refractivity contribution in [2.24, 2.45) is 0 Å². The van der Waals surface area contributed by atoms with E-state index >= 15 is 0 Å². The molecule has 1 aliphatic rings. The molecule has 1 saturated heterocycles. The zero-order valence-corrected chi connectivity index (χ0v) is 15.4. The number of carbonyl (C=O) groups is 1. The number of thiazole rings is 1. The fourth-order valence-corrected chi connectivity index (χ4v) is 4.65. The van der Waals surface area contributed by atoms with E-state index in [1.807, 2.05) is 46.1 Å². The molecule has 0 bridgehead atoms. The zero-order chi connectivity index (χ0) is 17.1. The molecule has 4 nitrogen and oxygen atoms in total. The number of hydrogen-bond donors (Lipinski definition) is 1. The van der Waals surface area contributed by atoms with Crippen LogP contribution in [-0.4, -0.2) is 34.9 Å². The van der Waals surface area contributed by atoms with E-state index in [9.17, 15) is 4.79 Å². The van der Waals surface area contributed by atoms with Gasteiger partial charge in [-0.3, -0.25) is 4.79 Å². The average Bonchev–Trinajstić information content (AvgIpc) is 3.34. The molecule has 25 heavy (non-hydrogen) atoms. The molecule has 4 rings (SSSR count). The Morgan fingerprint density at radius 3 is 2.60 bits per heavy atom. The summed E-state index contributed by atoms with van der Waals surface area (Å²) >= 11 is 3.16. The van der Waals surface area contributed by atoms with Gasteiger partial charge in [-0.2, -0.15) is 0 Å². The third-order valence-corrected chi connectivity index (χ3v) is 6.09. The number of anilines is 1. The Kier molecular flexibility index (Phi) is 4.81. The van der Waals surface area contributed by atoms with E-state index in [0.717, 1.165) is 47.1 Å². The molecule has 0 spiro atoms. The molecule has 1 aliphatic heterocycles. The zero-order valence-electron chi connectivity index (χ0n) is 13.7. The largest absolute Gasteiger partial charge is 0.359 e. The Balaban J connectivity index is 1.42. The molecule has 3 heterocycles. The van der Waals surface area contributed by atoms with Crippen molar-refractivity contribution in [3.63, 3.8) is 0 Å². The van der Waals surface area contributed by atoms with Gasteiger partial charge >= 0.3 is 0 Å². The highest BCUT2D eigenvalue weighted by Gasteiger charge is 2.26. The number of aromatic nitrogens is 1. The van der Waals surface area contributed by atoms with Crippen LogP contribution < -0.4 is 5.32 Å². The Morgan fingerprint density at radius 1 is 1.08 bits per heavy atom. The summed E-state index contributed by atoms with van der Waals surface area (Å²) in [6.07, 6.45) is 3.72. The maximum absolute atomic E-state index is 13.0. The standard InChI is InChI=1S/C19H19N3OS2/c23-18(17-16(8-12-24-17)14-4-2-1-3-5-14)22-10-6-15(7-11-22)21-19-20-9-13-25-19/h1-5,8-9,12-13,15H,6-7,10-11H2,(H,20,21). The van der Waals surface area contributed by atoms with Gasteiger partial charge in [0, 0.05) is 36.3 Å². The van der Waals surface area contributed by atoms with Crippen LogP contribution in [-0.2, 0) is 0 Å². The number of nitrogens with one attached hydrogen (secondary N) is 1. The quantitative estimate of drug-likeness (QED) is 0.732. The van der Waals surface area contributed by atoms with E-state index in [1.165, 1.54) is 11.3 Å². The van der Waals surface area contributed by atoms with Gasteiger partial charge in [0.1, 0.15) is 0 Å². The van der Waals surface area contributed by atoms with Crippen LogP contribution >= 0.6 is 22.7 Å². The van der Waals surface area contributed by atoms with Crippen LogP contribution in [0.25, 0.3) is 11.1 Å². The molecule has 6 heteroatoms. The lowest BCUT2D eigenvalue weighted by Gasteiger charge is -2.32. The monoisotopic (exact) mass is 369 g/mol. The van der Waals surface area contributed by atoms with Crippen molar-refractivity contribution in [2.75, 3.05) is 18.4 Å². The number of likely N-dealkylation sites (tertiary alicyclic amines) is 1. The van der Waals surface area contributed by atoms with Crippen molar-refractivity contribution in [3.8, 4) is 11.1 Å². The summed E-state index contributed by atoms with van der Waals surface area (Å²) in [4.78, 5) is 20.1. The topological polar surface area (TPSA) is 45.2 Å². The molecule has 0 atom stereocenters. The maximum atomic E-state index is 13.0. The van der Waals surface area contributed by atoms with Crippen LogP contribution in [0.4, 0.5) is 5.13 Å². The fourth-order valence-electron chi connectivity index (χ4n) is 3.16. The van der Waals surface area contributed by atoms with Gasteiger partial charge in [-0.05, 0) is 29.9 Å². The normalized spacial score (nSPS) is 15.3. The molecule has 128 valence electrons. The minimum atomic E-state index is 0.154. The maximum Gasteiger partial charge on any atom is 0.264 e. The predicted molar refractivity (Wildman–Crippen MR) is 104 cm³/mol. The lowest BCUT2D eigenvalue weighted by molar-refractivity contribution is 0.0724. The number of nitrogens with zero attached hydrogens (tertiary/aromatic N) is 2. The number of carbonyl (C=O) groups excluding carboxylic acids is 1. The summed E-state index contributed by atoms with van der Waals surface area (Å²) in [5.41, 5.74) is 2.14. The number of thiophene rings is 1. The van der Waals surface area contributed by atoms with Gasteiger partial charge < -0.3 is 10.2 Å². The summed E-state index contributed by atoms with van der Waals surface area (Å²) in [5.74, 6) is 0.154. The molecule has 1 aromatic carbocycles. The summed E-state index contributed by atoms with van der Waals surface area (Å²) in [6, 6.07) is 12.6. The third-order valence-electron chi connectivity index (χ3n) is 4.49. The van der Waals surface area contributed by atoms with Gasteiger partial charge in [0.15, 0.2) is 5.13 Å². The molecule has 1 amide bonds. The van der Waals surface area contributed by atoms with Crippen LogP contribution in [0.15, 0.2) is 53.4 Å². The van der Waals surface area contributed by atoms with E-state index in [0.29, 0.717) is 6.04 Å². The van der Waals surface area contributed by atoms with E-state index in [1.54, 1.807) is 11.3 Å². The Morgan fingerprint density at radius 2 is 1.88 bits per heavy atom. The number of rotatable bonds is 4. The minimum absolute atomic E-state index is 0.154. The summed E-state index contributed by atoms with van der Waals surface area (Å²) in [6.45, 7) is 1.57. The first kappa shape index (κ1) is 16.3. The third kappa shape index (κ3) is 3.60. The van der Waals surface area contributed by atoms with Crippen molar-refractivity contribution in [1.29, 1.82) is 0 Å². The molecule has 0 aliphatic carbocycles. The number of piperidine rings is 1. The minimum Gasteiger partial charge on any atom is -0.359 e. The fraction of sp³-hybridized carbons (Fsp3) is 0.263. The molecule has 1 fully saturated rings. The summed E-state index contributed by atoms with van der Waals surface area (Å²) < 4.78 is 0. The van der Waals surface area contributed by atoms with Crippen LogP contribution in [0.1, 0.15) is 22.5 Å². The second-order valence-electron chi connectivity index (χ2n) is 6.08. The Bertz CT molecular complexity index is 821. The van der Waals surface area contributed by atoms with E-state index < -0.39 is 0 Å². The SMILES string of the molecule is O=C(c1sccc1-c1ccccc1)N1CCC(Nc2nccs2)CC1. The smallest absolute Gasteiger partial charge is 0.264 e. The lowest BCUT2D eigenvalue weighted by atomic mass is 10.0. The van der Waals surface area contributed by atoms with Crippen LogP contribution in [0.5, 0.6) is 0 Å². The number of benzene rings is 1. The highest BCUT2D eigenvalue weighted by Crippen LogP contribution is 2.30. The van der Waals surface area contributed by atoms with E-state index in [4.69, 9.17) is 0 Å². The number of hydrogen-bond acceptors (Lipinski definition) is 5. The molecule has 0 saturated carbocycles. The summed E-state index contributed by atoms with van der Waals surface area (Å²) in [5, 5.41) is 8.41. The van der Waals surface area contributed by atoms with Crippen LogP contribution in [0.2, 0.25) is 0 Å². The molecule has 1 N–H and O–H groups in total. The van der Waals surface area contributed by atoms with Gasteiger partial charge in [-0.25, -0.2) is 4.98 Å². The first-order valence-electron chi connectivity index (χ1n) is 8.39. The molecular weight excluding hydrogens is 350 g/mol. The van der Waals surface area contributed by atoms with Gasteiger partial charge in [-0.15, -0.1) is 22.7 Å². The average molecular weight is 370 g/mol. The predicted octanol–water partition coefficient (Wildman–Crippen LogP) is 4.59. The van der Waals surface area contributed by atoms with Gasteiger partial charge in [-0.1, -0.05) is 30.3 Å². The first-order valence-corrected chi connectivity index (χ1v) is 10.2. The van der Waals surface area contributed by atoms with E-state index in [-0.39, 0.29) is 5.91 Å². The first-order chi connectivity index (χ1) is 12.3. The molecule has 0 radical (unpaired) electrons. The molecular formula is C19H19N3OS2. The second-order valence-corrected chi connectivity index (χ2v) is 7.89. The highest BCUT2D eigenvalue weighted by molar-refractivity contribution is 7.13. The Labute approximate surface area is 155 Å². The van der Waals surface area contributed by atoms with Gasteiger partial charge in [0.25, 0.3) is 5.91 Å². The second kappa shape index (κ2) is 7.37.